The largest absolute Gasteiger partial charge is 0.370 e. The summed E-state index contributed by atoms with van der Waals surface area (Å²) >= 11 is 6.30. The van der Waals surface area contributed by atoms with Gasteiger partial charge < -0.3 is 4.74 Å². The number of hydrogen-bond acceptors (Lipinski definition) is 5. The van der Waals surface area contributed by atoms with Crippen molar-refractivity contribution in [3.63, 3.8) is 0 Å². The van der Waals surface area contributed by atoms with E-state index in [0.29, 0.717) is 11.6 Å². The van der Waals surface area contributed by atoms with Crippen LogP contribution in [0.4, 0.5) is 0 Å². The van der Waals surface area contributed by atoms with Gasteiger partial charge in [0, 0.05) is 25.0 Å². The molecule has 2 atom stereocenters. The molecule has 0 unspecified atom stereocenters. The molecule has 0 bridgehead atoms. The van der Waals surface area contributed by atoms with Crippen molar-refractivity contribution in [1.82, 2.24) is 24.9 Å². The molecule has 2 aromatic heterocycles. The van der Waals surface area contributed by atoms with Crippen LogP contribution in [0.5, 0.6) is 0 Å². The highest BCUT2D eigenvalue weighted by Gasteiger charge is 2.36. The summed E-state index contributed by atoms with van der Waals surface area (Å²) in [5, 5.41) is 10.1. The number of benzene rings is 1. The van der Waals surface area contributed by atoms with E-state index in [9.17, 15) is 0 Å². The van der Waals surface area contributed by atoms with E-state index in [1.165, 1.54) is 0 Å². The summed E-state index contributed by atoms with van der Waals surface area (Å²) in [6.07, 6.45) is 3.02. The summed E-state index contributed by atoms with van der Waals surface area (Å²) in [5.74, 6) is 0. The molecule has 0 N–H and O–H groups in total. The van der Waals surface area contributed by atoms with E-state index < -0.39 is 0 Å². The lowest BCUT2D eigenvalue weighted by Gasteiger charge is -2.40. The monoisotopic (exact) mass is 355 g/mol. The van der Waals surface area contributed by atoms with Gasteiger partial charge in [0.15, 0.2) is 0 Å². The highest BCUT2D eigenvalue weighted by atomic mass is 35.5. The summed E-state index contributed by atoms with van der Waals surface area (Å²) in [6.45, 7) is 3.30. The lowest BCUT2D eigenvalue weighted by atomic mass is 10.00. The number of likely N-dealkylation sites (tertiary alicyclic amines) is 1. The maximum atomic E-state index is 6.30. The molecule has 5 rings (SSSR count). The molecule has 1 aromatic carbocycles. The molecule has 0 saturated carbocycles. The fraction of sp³-hybridized carbons (Fsp3) is 0.389. The molecule has 4 heterocycles. The zero-order valence-electron chi connectivity index (χ0n) is 13.7. The molecule has 2 aliphatic heterocycles. The van der Waals surface area contributed by atoms with E-state index in [0.717, 1.165) is 48.3 Å². The molecule has 128 valence electrons. The minimum Gasteiger partial charge on any atom is -0.370 e. The van der Waals surface area contributed by atoms with Gasteiger partial charge >= 0.3 is 0 Å². The van der Waals surface area contributed by atoms with Crippen LogP contribution in [0.1, 0.15) is 23.9 Å². The highest BCUT2D eigenvalue weighted by molar-refractivity contribution is 6.35. The van der Waals surface area contributed by atoms with Gasteiger partial charge in [-0.25, -0.2) is 9.67 Å². The Hall–Kier alpha value is -2.02. The van der Waals surface area contributed by atoms with Gasteiger partial charge in [-0.05, 0) is 18.6 Å². The second-order valence-corrected chi connectivity index (χ2v) is 7.13. The first-order valence-corrected chi connectivity index (χ1v) is 8.93. The summed E-state index contributed by atoms with van der Waals surface area (Å²) in [7, 11) is 0. The number of rotatable bonds is 2. The first kappa shape index (κ1) is 15.3. The van der Waals surface area contributed by atoms with Crippen molar-refractivity contribution < 1.29 is 4.74 Å². The van der Waals surface area contributed by atoms with Gasteiger partial charge in [0.25, 0.3) is 0 Å². The van der Waals surface area contributed by atoms with Crippen LogP contribution in [0.25, 0.3) is 10.9 Å². The maximum Gasteiger partial charge on any atom is 0.0930 e. The Labute approximate surface area is 150 Å². The number of ether oxygens (including phenoxy) is 1. The molecule has 0 spiro atoms. The van der Waals surface area contributed by atoms with Gasteiger partial charge in [-0.3, -0.25) is 4.90 Å². The lowest BCUT2D eigenvalue weighted by molar-refractivity contribution is -0.0671. The first-order chi connectivity index (χ1) is 12.3. The summed E-state index contributed by atoms with van der Waals surface area (Å²) in [6, 6.07) is 10.3. The Morgan fingerprint density at radius 3 is 3.16 bits per heavy atom. The Bertz CT molecular complexity index is 927. The average molecular weight is 356 g/mol. The van der Waals surface area contributed by atoms with E-state index in [-0.39, 0.29) is 12.1 Å². The van der Waals surface area contributed by atoms with Gasteiger partial charge in [-0.2, -0.15) is 0 Å². The molecule has 7 heteroatoms. The Morgan fingerprint density at radius 2 is 2.20 bits per heavy atom. The molecule has 3 aromatic rings. The molecule has 6 nitrogen and oxygen atoms in total. The van der Waals surface area contributed by atoms with Crippen LogP contribution in [0, 0.1) is 0 Å². The number of piperidine rings is 1. The molecule has 0 aliphatic carbocycles. The van der Waals surface area contributed by atoms with Crippen LogP contribution in [0.2, 0.25) is 5.02 Å². The number of pyridine rings is 1. The van der Waals surface area contributed by atoms with Crippen molar-refractivity contribution in [2.45, 2.75) is 31.7 Å². The topological polar surface area (TPSA) is 56.1 Å². The number of hydrogen-bond donors (Lipinski definition) is 0. The second kappa shape index (κ2) is 6.05. The molecular formula is C18H18ClN5O. The molecule has 0 radical (unpaired) electrons. The van der Waals surface area contributed by atoms with Gasteiger partial charge in [0.1, 0.15) is 0 Å². The van der Waals surface area contributed by atoms with E-state index in [4.69, 9.17) is 21.3 Å². The summed E-state index contributed by atoms with van der Waals surface area (Å²) in [5.41, 5.74) is 2.96. The second-order valence-electron chi connectivity index (χ2n) is 6.72. The van der Waals surface area contributed by atoms with Crippen LogP contribution < -0.4 is 0 Å². The van der Waals surface area contributed by atoms with Crippen LogP contribution in [-0.4, -0.2) is 44.1 Å². The van der Waals surface area contributed by atoms with Crippen molar-refractivity contribution in [2.24, 2.45) is 0 Å². The number of para-hydroxylation sites is 1. The fourth-order valence-electron chi connectivity index (χ4n) is 3.86. The predicted molar refractivity (Wildman–Crippen MR) is 94.3 cm³/mol. The predicted octanol–water partition coefficient (Wildman–Crippen LogP) is 2.83. The van der Waals surface area contributed by atoms with Crippen molar-refractivity contribution >= 4 is 22.5 Å². The molecular weight excluding hydrogens is 338 g/mol. The molecule has 1 saturated heterocycles. The zero-order valence-corrected chi connectivity index (χ0v) is 14.4. The third-order valence-corrected chi connectivity index (χ3v) is 5.43. The van der Waals surface area contributed by atoms with E-state index >= 15 is 0 Å². The minimum absolute atomic E-state index is 0.226. The van der Waals surface area contributed by atoms with Gasteiger partial charge in [0.2, 0.25) is 0 Å². The zero-order chi connectivity index (χ0) is 16.8. The van der Waals surface area contributed by atoms with Crippen LogP contribution in [0.15, 0.2) is 36.5 Å². The SMILES string of the molecule is Clc1cccc2ccc(CN3CC[C@@H]4OCc5cnnn5[C@@H]4C3)nc12. The maximum absolute atomic E-state index is 6.30. The van der Waals surface area contributed by atoms with E-state index in [1.54, 1.807) is 6.20 Å². The average Bonchev–Trinajstić information content (AvgIpc) is 3.12. The molecule has 25 heavy (non-hydrogen) atoms. The third kappa shape index (κ3) is 2.70. The van der Waals surface area contributed by atoms with E-state index in [1.807, 2.05) is 22.9 Å². The lowest BCUT2D eigenvalue weighted by Crippen LogP contribution is -2.47. The van der Waals surface area contributed by atoms with Crippen molar-refractivity contribution in [3.05, 3.63) is 52.9 Å². The normalized spacial score (nSPS) is 23.4. The van der Waals surface area contributed by atoms with Crippen LogP contribution in [-0.2, 0) is 17.9 Å². The molecule has 1 fully saturated rings. The quantitative estimate of drug-likeness (QED) is 0.707. The summed E-state index contributed by atoms with van der Waals surface area (Å²) < 4.78 is 8.01. The number of aromatic nitrogens is 4. The third-order valence-electron chi connectivity index (χ3n) is 5.13. The number of halogens is 1. The fourth-order valence-corrected chi connectivity index (χ4v) is 4.08. The number of nitrogens with zero attached hydrogens (tertiary/aromatic N) is 5. The standard InChI is InChI=1S/C18H18ClN5O/c19-15-3-1-2-12-4-5-13(21-18(12)15)9-23-7-6-17-16(10-23)24-14(11-25-17)8-20-22-24/h1-5,8,16-17H,6-7,9-11H2/t16-,17+/m1/s1. The smallest absolute Gasteiger partial charge is 0.0930 e. The van der Waals surface area contributed by atoms with E-state index in [2.05, 4.69) is 27.3 Å². The van der Waals surface area contributed by atoms with Crippen molar-refractivity contribution in [3.8, 4) is 0 Å². The van der Waals surface area contributed by atoms with Crippen molar-refractivity contribution in [1.29, 1.82) is 0 Å². The Balaban J connectivity index is 1.38. The van der Waals surface area contributed by atoms with Crippen LogP contribution >= 0.6 is 11.6 Å². The summed E-state index contributed by atoms with van der Waals surface area (Å²) in [4.78, 5) is 7.18. The van der Waals surface area contributed by atoms with Gasteiger partial charge in [0.05, 0.1) is 46.9 Å². The Kier molecular flexibility index (Phi) is 3.69. The number of fused-ring (bicyclic) bond motifs is 4. The molecule has 0 amide bonds. The van der Waals surface area contributed by atoms with Crippen LogP contribution in [0.3, 0.4) is 0 Å². The Morgan fingerprint density at radius 1 is 1.24 bits per heavy atom. The van der Waals surface area contributed by atoms with Gasteiger partial charge in [-0.1, -0.05) is 35.0 Å². The van der Waals surface area contributed by atoms with Gasteiger partial charge in [-0.15, -0.1) is 5.10 Å². The van der Waals surface area contributed by atoms with Crippen molar-refractivity contribution in [2.75, 3.05) is 13.1 Å². The first-order valence-electron chi connectivity index (χ1n) is 8.55. The minimum atomic E-state index is 0.226. The highest BCUT2D eigenvalue weighted by Crippen LogP contribution is 2.30. The molecule has 2 aliphatic rings.